The van der Waals surface area contributed by atoms with Gasteiger partial charge in [-0.3, -0.25) is 4.79 Å². The first-order chi connectivity index (χ1) is 12.9. The SMILES string of the molecule is CCS(=N)(=O)c1ccc(NCC2CC2)c(-c2cn(C)c(=O)c3[nH]ccc23)c1. The molecule has 6 nitrogen and oxygen atoms in total. The van der Waals surface area contributed by atoms with Crippen LogP contribution in [0.15, 0.2) is 46.3 Å². The third-order valence-corrected chi connectivity index (χ3v) is 7.07. The molecule has 0 bridgehead atoms. The highest BCUT2D eigenvalue weighted by atomic mass is 32.2. The summed E-state index contributed by atoms with van der Waals surface area (Å²) in [7, 11) is -1.10. The van der Waals surface area contributed by atoms with Crippen LogP contribution in [0.2, 0.25) is 0 Å². The first-order valence-electron chi connectivity index (χ1n) is 9.22. The lowest BCUT2D eigenvalue weighted by Gasteiger charge is -2.16. The number of hydrogen-bond donors (Lipinski definition) is 3. The van der Waals surface area contributed by atoms with Crippen molar-refractivity contribution in [3.63, 3.8) is 0 Å². The van der Waals surface area contributed by atoms with E-state index in [9.17, 15) is 9.00 Å². The Morgan fingerprint density at radius 3 is 2.78 bits per heavy atom. The van der Waals surface area contributed by atoms with Gasteiger partial charge in [-0.1, -0.05) is 6.92 Å². The molecule has 0 spiro atoms. The molecule has 4 rings (SSSR count). The van der Waals surface area contributed by atoms with Crippen molar-refractivity contribution in [2.75, 3.05) is 17.6 Å². The van der Waals surface area contributed by atoms with E-state index in [1.165, 1.54) is 12.8 Å². The van der Waals surface area contributed by atoms with Crippen molar-refractivity contribution in [3.05, 3.63) is 47.0 Å². The normalized spacial score (nSPS) is 16.4. The van der Waals surface area contributed by atoms with Crippen LogP contribution >= 0.6 is 0 Å². The van der Waals surface area contributed by atoms with E-state index in [0.717, 1.165) is 28.7 Å². The van der Waals surface area contributed by atoms with Crippen LogP contribution in [0.1, 0.15) is 19.8 Å². The van der Waals surface area contributed by atoms with Gasteiger partial charge in [0.25, 0.3) is 5.56 Å². The standard InChI is InChI=1S/C20H24N4O2S/c1-3-27(21,26)14-6-7-18(23-11-13-4-5-13)16(10-14)17-12-24(2)20(25)19-15(17)8-9-22-19/h6-10,12-13,21-23H,3-5,11H2,1-2H3. The summed E-state index contributed by atoms with van der Waals surface area (Å²) in [5, 5.41) is 4.34. The van der Waals surface area contributed by atoms with Crippen molar-refractivity contribution in [1.29, 1.82) is 4.78 Å². The summed E-state index contributed by atoms with van der Waals surface area (Å²) in [5.74, 6) is 0.981. The number of nitrogens with zero attached hydrogens (tertiary/aromatic N) is 1. The Hall–Kier alpha value is -2.54. The number of benzene rings is 1. The van der Waals surface area contributed by atoms with Gasteiger partial charge in [0, 0.05) is 58.8 Å². The Morgan fingerprint density at radius 1 is 1.30 bits per heavy atom. The zero-order valence-corrected chi connectivity index (χ0v) is 16.4. The van der Waals surface area contributed by atoms with Crippen LogP contribution in [0.3, 0.4) is 0 Å². The number of anilines is 1. The molecule has 2 heterocycles. The molecule has 142 valence electrons. The number of aryl methyl sites for hydroxylation is 1. The van der Waals surface area contributed by atoms with Crippen LogP contribution in [0.5, 0.6) is 0 Å². The van der Waals surface area contributed by atoms with Crippen molar-refractivity contribution in [2.45, 2.75) is 24.7 Å². The minimum atomic E-state index is -2.83. The van der Waals surface area contributed by atoms with Crippen molar-refractivity contribution in [1.82, 2.24) is 9.55 Å². The maximum atomic E-state index is 12.6. The van der Waals surface area contributed by atoms with E-state index in [1.54, 1.807) is 30.8 Å². The molecule has 1 unspecified atom stereocenters. The highest BCUT2D eigenvalue weighted by Gasteiger charge is 2.22. The molecule has 0 saturated heterocycles. The zero-order valence-electron chi connectivity index (χ0n) is 15.5. The van der Waals surface area contributed by atoms with E-state index < -0.39 is 9.73 Å². The van der Waals surface area contributed by atoms with Crippen molar-refractivity contribution in [2.24, 2.45) is 13.0 Å². The van der Waals surface area contributed by atoms with E-state index in [1.807, 2.05) is 24.4 Å². The van der Waals surface area contributed by atoms with Gasteiger partial charge in [0.1, 0.15) is 5.52 Å². The second kappa shape index (κ2) is 6.56. The molecule has 0 aliphatic heterocycles. The van der Waals surface area contributed by atoms with Gasteiger partial charge in [0.15, 0.2) is 0 Å². The van der Waals surface area contributed by atoms with E-state index in [2.05, 4.69) is 10.3 Å². The van der Waals surface area contributed by atoms with E-state index >= 15 is 0 Å². The van der Waals surface area contributed by atoms with Crippen LogP contribution in [0, 0.1) is 10.7 Å². The predicted molar refractivity (Wildman–Crippen MR) is 110 cm³/mol. The average molecular weight is 385 g/mol. The Bertz CT molecular complexity index is 1170. The summed E-state index contributed by atoms with van der Waals surface area (Å²) in [6.45, 7) is 2.67. The number of H-pyrrole nitrogens is 1. The number of hydrogen-bond acceptors (Lipinski definition) is 4. The van der Waals surface area contributed by atoms with E-state index in [0.29, 0.717) is 16.3 Å². The second-order valence-corrected chi connectivity index (χ2v) is 9.62. The molecule has 1 atom stereocenters. The number of nitrogens with one attached hydrogen (secondary N) is 3. The van der Waals surface area contributed by atoms with Crippen LogP contribution < -0.4 is 10.9 Å². The summed E-state index contributed by atoms with van der Waals surface area (Å²) >= 11 is 0. The lowest BCUT2D eigenvalue weighted by atomic mass is 10.0. The topological polar surface area (TPSA) is 90.7 Å². The highest BCUT2D eigenvalue weighted by molar-refractivity contribution is 7.92. The van der Waals surface area contributed by atoms with Crippen molar-refractivity contribution >= 4 is 26.3 Å². The van der Waals surface area contributed by atoms with Gasteiger partial charge in [-0.05, 0) is 43.0 Å². The third kappa shape index (κ3) is 3.27. The molecular weight excluding hydrogens is 360 g/mol. The molecule has 2 aromatic heterocycles. The number of aromatic nitrogens is 2. The predicted octanol–water partition coefficient (Wildman–Crippen LogP) is 3.78. The molecule has 1 aromatic carbocycles. The van der Waals surface area contributed by atoms with E-state index in [-0.39, 0.29) is 11.3 Å². The molecule has 3 aromatic rings. The number of fused-ring (bicyclic) bond motifs is 1. The Morgan fingerprint density at radius 2 is 2.07 bits per heavy atom. The highest BCUT2D eigenvalue weighted by Crippen LogP contribution is 2.36. The smallest absolute Gasteiger partial charge is 0.274 e. The maximum Gasteiger partial charge on any atom is 0.274 e. The summed E-state index contributed by atoms with van der Waals surface area (Å²) in [6, 6.07) is 7.44. The number of pyridine rings is 1. The minimum Gasteiger partial charge on any atom is -0.384 e. The number of rotatable bonds is 6. The Balaban J connectivity index is 1.93. The molecule has 27 heavy (non-hydrogen) atoms. The number of aromatic amines is 1. The molecule has 1 aliphatic carbocycles. The molecule has 3 N–H and O–H groups in total. The molecule has 1 saturated carbocycles. The lowest BCUT2D eigenvalue weighted by Crippen LogP contribution is -2.17. The summed E-state index contributed by atoms with van der Waals surface area (Å²) in [5.41, 5.74) is 3.18. The minimum absolute atomic E-state index is 0.0831. The second-order valence-electron chi connectivity index (χ2n) is 7.22. The van der Waals surface area contributed by atoms with Crippen molar-refractivity contribution < 1.29 is 4.21 Å². The first-order valence-corrected chi connectivity index (χ1v) is 10.9. The lowest BCUT2D eigenvalue weighted by molar-refractivity contribution is 0.675. The molecule has 1 fully saturated rings. The molecule has 0 radical (unpaired) electrons. The van der Waals surface area contributed by atoms with Gasteiger partial charge in [-0.15, -0.1) is 0 Å². The third-order valence-electron chi connectivity index (χ3n) is 5.24. The van der Waals surface area contributed by atoms with Crippen LogP contribution in [0.25, 0.3) is 22.0 Å². The summed E-state index contributed by atoms with van der Waals surface area (Å²) in [6.07, 6.45) is 6.07. The largest absolute Gasteiger partial charge is 0.384 e. The van der Waals surface area contributed by atoms with Crippen LogP contribution in [-0.4, -0.2) is 26.1 Å². The summed E-state index contributed by atoms with van der Waals surface area (Å²) < 4.78 is 22.4. The van der Waals surface area contributed by atoms with E-state index in [4.69, 9.17) is 4.78 Å². The Kier molecular flexibility index (Phi) is 4.34. The van der Waals surface area contributed by atoms with Gasteiger partial charge in [0.05, 0.1) is 9.73 Å². The van der Waals surface area contributed by atoms with Gasteiger partial charge in [-0.2, -0.15) is 0 Å². The maximum absolute atomic E-state index is 12.6. The quantitative estimate of drug-likeness (QED) is 0.604. The van der Waals surface area contributed by atoms with Gasteiger partial charge < -0.3 is 14.9 Å². The molecule has 1 aliphatic rings. The molecular formula is C20H24N4O2S. The van der Waals surface area contributed by atoms with Gasteiger partial charge in [0.2, 0.25) is 0 Å². The average Bonchev–Trinajstić information content (AvgIpc) is 3.36. The fourth-order valence-corrected chi connectivity index (χ4v) is 4.26. The van der Waals surface area contributed by atoms with Gasteiger partial charge >= 0.3 is 0 Å². The fourth-order valence-electron chi connectivity index (χ4n) is 3.33. The molecule has 0 amide bonds. The fraction of sp³-hybridized carbons (Fsp3) is 0.350. The van der Waals surface area contributed by atoms with Crippen LogP contribution in [0.4, 0.5) is 5.69 Å². The first kappa shape index (κ1) is 17.9. The summed E-state index contributed by atoms with van der Waals surface area (Å²) in [4.78, 5) is 15.9. The van der Waals surface area contributed by atoms with Crippen molar-refractivity contribution in [3.8, 4) is 11.1 Å². The molecule has 7 heteroatoms. The monoisotopic (exact) mass is 384 g/mol. The van der Waals surface area contributed by atoms with Gasteiger partial charge in [-0.25, -0.2) is 8.99 Å². The zero-order chi connectivity index (χ0) is 19.2. The van der Waals surface area contributed by atoms with Crippen LogP contribution in [-0.2, 0) is 16.8 Å². The Labute approximate surface area is 158 Å².